The van der Waals surface area contributed by atoms with E-state index in [9.17, 15) is 10.0 Å². The van der Waals surface area contributed by atoms with Gasteiger partial charge in [-0.15, -0.1) is 0 Å². The molecule has 26 heavy (non-hydrogen) atoms. The van der Waals surface area contributed by atoms with E-state index in [1.54, 1.807) is 6.07 Å². The molecule has 0 aliphatic carbocycles. The second kappa shape index (κ2) is 8.61. The van der Waals surface area contributed by atoms with Crippen molar-refractivity contribution in [2.24, 2.45) is 4.99 Å². The molecule has 0 fully saturated rings. The zero-order valence-electron chi connectivity index (χ0n) is 14.8. The van der Waals surface area contributed by atoms with Crippen LogP contribution in [-0.4, -0.2) is 22.9 Å². The molecule has 0 aliphatic heterocycles. The molecular formula is C22H22BNO2. The van der Waals surface area contributed by atoms with Gasteiger partial charge in [-0.3, -0.25) is 4.99 Å². The zero-order chi connectivity index (χ0) is 18.4. The normalized spacial score (nSPS) is 11.4. The first kappa shape index (κ1) is 18.1. The average molecular weight is 343 g/mol. The van der Waals surface area contributed by atoms with Crippen LogP contribution < -0.4 is 5.46 Å². The van der Waals surface area contributed by atoms with Crippen LogP contribution in [0.1, 0.15) is 30.0 Å². The minimum atomic E-state index is -1.47. The quantitative estimate of drug-likeness (QED) is 0.532. The van der Waals surface area contributed by atoms with Gasteiger partial charge in [0.25, 0.3) is 0 Å². The minimum Gasteiger partial charge on any atom is -0.423 e. The first-order valence-electron chi connectivity index (χ1n) is 8.84. The average Bonchev–Trinajstić information content (AvgIpc) is 2.68. The fraction of sp³-hybridized carbons (Fsp3) is 0.136. The first-order chi connectivity index (χ1) is 12.7. The Bertz CT molecular complexity index is 891. The summed E-state index contributed by atoms with van der Waals surface area (Å²) in [6.07, 6.45) is 1.43. The van der Waals surface area contributed by atoms with Crippen molar-refractivity contribution in [2.75, 3.05) is 0 Å². The Morgan fingerprint density at radius 3 is 2.12 bits per heavy atom. The van der Waals surface area contributed by atoms with E-state index in [0.29, 0.717) is 11.9 Å². The molecule has 0 amide bonds. The lowest BCUT2D eigenvalue weighted by molar-refractivity contribution is 0.425. The van der Waals surface area contributed by atoms with Gasteiger partial charge in [0.15, 0.2) is 0 Å². The van der Waals surface area contributed by atoms with Gasteiger partial charge in [0, 0.05) is 5.71 Å². The number of para-hydroxylation sites is 1. The van der Waals surface area contributed by atoms with Crippen molar-refractivity contribution in [2.45, 2.75) is 19.8 Å². The summed E-state index contributed by atoms with van der Waals surface area (Å²) in [5.41, 5.74) is 5.55. The summed E-state index contributed by atoms with van der Waals surface area (Å²) in [5, 5.41) is 19.2. The van der Waals surface area contributed by atoms with E-state index in [2.05, 4.69) is 19.1 Å². The minimum absolute atomic E-state index is 0.532. The lowest BCUT2D eigenvalue weighted by Gasteiger charge is -2.12. The number of aliphatic imine (C=N–C) groups is 1. The molecule has 0 saturated carbocycles. The van der Waals surface area contributed by atoms with Crippen LogP contribution in [-0.2, 0) is 6.42 Å². The largest absolute Gasteiger partial charge is 0.488 e. The number of benzene rings is 3. The molecule has 0 saturated heterocycles. The standard InChI is InChI=1S/C22H22BNO2/c1-2-21(17-10-4-3-5-11-17)24-22-15-9-7-13-19(22)16-18-12-6-8-14-20(18)23(25)26/h3-15,25-26H,2,16H2,1H3. The van der Waals surface area contributed by atoms with E-state index in [1.807, 2.05) is 60.7 Å². The predicted molar refractivity (Wildman–Crippen MR) is 108 cm³/mol. The maximum absolute atomic E-state index is 9.61. The van der Waals surface area contributed by atoms with Crippen LogP contribution in [0.25, 0.3) is 0 Å². The second-order valence-electron chi connectivity index (χ2n) is 6.16. The summed E-state index contributed by atoms with van der Waals surface area (Å²) in [4.78, 5) is 4.91. The Kier molecular flexibility index (Phi) is 6.00. The van der Waals surface area contributed by atoms with E-state index in [0.717, 1.165) is 34.5 Å². The Balaban J connectivity index is 1.98. The van der Waals surface area contributed by atoms with Crippen LogP contribution >= 0.6 is 0 Å². The van der Waals surface area contributed by atoms with Crippen molar-refractivity contribution < 1.29 is 10.0 Å². The van der Waals surface area contributed by atoms with Gasteiger partial charge in [0.2, 0.25) is 0 Å². The molecule has 0 aromatic heterocycles. The van der Waals surface area contributed by atoms with Crippen molar-refractivity contribution >= 4 is 24.0 Å². The topological polar surface area (TPSA) is 52.8 Å². The Morgan fingerprint density at radius 1 is 0.808 bits per heavy atom. The van der Waals surface area contributed by atoms with E-state index in [4.69, 9.17) is 4.99 Å². The number of hydrogen-bond acceptors (Lipinski definition) is 3. The third kappa shape index (κ3) is 4.28. The van der Waals surface area contributed by atoms with Gasteiger partial charge in [0.05, 0.1) is 5.69 Å². The highest BCUT2D eigenvalue weighted by atomic mass is 16.4. The van der Waals surface area contributed by atoms with Crippen molar-refractivity contribution in [1.29, 1.82) is 0 Å². The Labute approximate surface area is 154 Å². The van der Waals surface area contributed by atoms with Crippen LogP contribution in [0, 0.1) is 0 Å². The zero-order valence-corrected chi connectivity index (χ0v) is 14.8. The molecule has 0 atom stereocenters. The van der Waals surface area contributed by atoms with Crippen LogP contribution in [0.5, 0.6) is 0 Å². The summed E-state index contributed by atoms with van der Waals surface area (Å²) in [6.45, 7) is 2.10. The summed E-state index contributed by atoms with van der Waals surface area (Å²) in [6, 6.07) is 25.6. The molecule has 0 heterocycles. The molecule has 0 spiro atoms. The first-order valence-corrected chi connectivity index (χ1v) is 8.84. The van der Waals surface area contributed by atoms with Gasteiger partial charge in [-0.05, 0) is 41.1 Å². The van der Waals surface area contributed by atoms with Gasteiger partial charge >= 0.3 is 7.12 Å². The van der Waals surface area contributed by atoms with Gasteiger partial charge in [-0.2, -0.15) is 0 Å². The molecule has 0 radical (unpaired) electrons. The molecule has 3 nitrogen and oxygen atoms in total. The third-order valence-electron chi connectivity index (χ3n) is 4.40. The summed E-state index contributed by atoms with van der Waals surface area (Å²) in [7, 11) is -1.47. The fourth-order valence-electron chi connectivity index (χ4n) is 3.05. The van der Waals surface area contributed by atoms with Crippen LogP contribution in [0.3, 0.4) is 0 Å². The lowest BCUT2D eigenvalue weighted by Crippen LogP contribution is -2.32. The summed E-state index contributed by atoms with van der Waals surface area (Å²) < 4.78 is 0. The fourth-order valence-corrected chi connectivity index (χ4v) is 3.05. The molecule has 0 aliphatic rings. The van der Waals surface area contributed by atoms with E-state index in [-0.39, 0.29) is 0 Å². The maximum atomic E-state index is 9.61. The number of nitrogens with zero attached hydrogens (tertiary/aromatic N) is 1. The second-order valence-corrected chi connectivity index (χ2v) is 6.16. The van der Waals surface area contributed by atoms with Crippen molar-refractivity contribution in [3.05, 3.63) is 95.6 Å². The van der Waals surface area contributed by atoms with Crippen LogP contribution in [0.15, 0.2) is 83.9 Å². The number of rotatable bonds is 6. The van der Waals surface area contributed by atoms with Crippen LogP contribution in [0.4, 0.5) is 5.69 Å². The van der Waals surface area contributed by atoms with Gasteiger partial charge in [-0.25, -0.2) is 0 Å². The highest BCUT2D eigenvalue weighted by molar-refractivity contribution is 6.59. The predicted octanol–water partition coefficient (Wildman–Crippen LogP) is 3.49. The van der Waals surface area contributed by atoms with Gasteiger partial charge in [-0.1, -0.05) is 79.7 Å². The molecule has 3 rings (SSSR count). The molecular weight excluding hydrogens is 321 g/mol. The SMILES string of the molecule is CCC(=Nc1ccccc1Cc1ccccc1B(O)O)c1ccccc1. The monoisotopic (exact) mass is 343 g/mol. The molecule has 130 valence electrons. The summed E-state index contributed by atoms with van der Waals surface area (Å²) in [5.74, 6) is 0. The van der Waals surface area contributed by atoms with Gasteiger partial charge in [0.1, 0.15) is 0 Å². The molecule has 2 N–H and O–H groups in total. The van der Waals surface area contributed by atoms with E-state index in [1.165, 1.54) is 0 Å². The molecule has 3 aromatic carbocycles. The van der Waals surface area contributed by atoms with Crippen LogP contribution in [0.2, 0.25) is 0 Å². The Hall–Kier alpha value is -2.69. The third-order valence-corrected chi connectivity index (χ3v) is 4.40. The van der Waals surface area contributed by atoms with Crippen molar-refractivity contribution in [3.8, 4) is 0 Å². The van der Waals surface area contributed by atoms with E-state index < -0.39 is 7.12 Å². The van der Waals surface area contributed by atoms with Crippen molar-refractivity contribution in [1.82, 2.24) is 0 Å². The molecule has 0 unspecified atom stereocenters. The highest BCUT2D eigenvalue weighted by Crippen LogP contribution is 2.23. The lowest BCUT2D eigenvalue weighted by atomic mass is 9.76. The van der Waals surface area contributed by atoms with Crippen molar-refractivity contribution in [3.63, 3.8) is 0 Å². The number of hydrogen-bond donors (Lipinski definition) is 2. The summed E-state index contributed by atoms with van der Waals surface area (Å²) >= 11 is 0. The highest BCUT2D eigenvalue weighted by Gasteiger charge is 2.16. The van der Waals surface area contributed by atoms with E-state index >= 15 is 0 Å². The molecule has 4 heteroatoms. The molecule has 0 bridgehead atoms. The smallest absolute Gasteiger partial charge is 0.423 e. The Morgan fingerprint density at radius 2 is 1.42 bits per heavy atom. The molecule has 3 aromatic rings. The maximum Gasteiger partial charge on any atom is 0.488 e. The van der Waals surface area contributed by atoms with Gasteiger partial charge < -0.3 is 10.0 Å².